The summed E-state index contributed by atoms with van der Waals surface area (Å²) in [4.78, 5) is 23.9. The van der Waals surface area contributed by atoms with Crippen molar-refractivity contribution >= 4 is 30.8 Å². The van der Waals surface area contributed by atoms with Gasteiger partial charge in [-0.2, -0.15) is 14.4 Å². The van der Waals surface area contributed by atoms with Crippen LogP contribution < -0.4 is 15.0 Å². The van der Waals surface area contributed by atoms with Gasteiger partial charge in [0.25, 0.3) is 0 Å². The summed E-state index contributed by atoms with van der Waals surface area (Å²) in [6.45, 7) is 1.60. The van der Waals surface area contributed by atoms with Crippen molar-refractivity contribution in [3.63, 3.8) is 0 Å². The number of para-hydroxylation sites is 1. The van der Waals surface area contributed by atoms with Crippen molar-refractivity contribution in [1.29, 1.82) is 0 Å². The molecule has 4 atom stereocenters. The first-order valence-corrected chi connectivity index (χ1v) is 22.5. The number of benzene rings is 2. The van der Waals surface area contributed by atoms with Crippen LogP contribution in [0.5, 0.6) is 11.5 Å². The molecule has 320 valence electrons. The van der Waals surface area contributed by atoms with Crippen molar-refractivity contribution in [2.24, 2.45) is 0 Å². The van der Waals surface area contributed by atoms with Gasteiger partial charge >= 0.3 is 19.9 Å². The van der Waals surface area contributed by atoms with Gasteiger partial charge in [-0.05, 0) is 42.7 Å². The van der Waals surface area contributed by atoms with Crippen molar-refractivity contribution in [3.8, 4) is 23.8 Å². The molecule has 0 aliphatic carbocycles. The van der Waals surface area contributed by atoms with E-state index in [0.717, 1.165) is 24.8 Å². The fourth-order valence-electron chi connectivity index (χ4n) is 7.04. The molecular formula is C44H59FN5O8P. The van der Waals surface area contributed by atoms with Crippen LogP contribution in [0.2, 0.25) is 0 Å². The lowest BCUT2D eigenvalue weighted by Gasteiger charge is -2.28. The van der Waals surface area contributed by atoms with E-state index in [-0.39, 0.29) is 41.7 Å². The monoisotopic (exact) mass is 835 g/mol. The number of hydrogen-bond donors (Lipinski definition) is 2. The Balaban J connectivity index is 1.03. The van der Waals surface area contributed by atoms with Crippen molar-refractivity contribution < 1.29 is 41.9 Å². The summed E-state index contributed by atoms with van der Waals surface area (Å²) in [6.07, 6.45) is 23.5. The number of ether oxygens (including phenoxy) is 2. The Kier molecular flexibility index (Phi) is 18.1. The minimum atomic E-state index is -4.37. The lowest BCUT2D eigenvalue weighted by atomic mass is 9.99. The number of aliphatic hydroxyl groups excluding tert-OH is 1. The second-order valence-electron chi connectivity index (χ2n) is 15.1. The topological polar surface area (TPSA) is 170 Å². The van der Waals surface area contributed by atoms with Crippen LogP contribution in [-0.2, 0) is 29.6 Å². The Morgan fingerprint density at radius 2 is 1.56 bits per heavy atom. The smallest absolute Gasteiger partial charge is 0.427 e. The molecule has 3 heterocycles. The highest BCUT2D eigenvalue weighted by molar-refractivity contribution is 7.48. The minimum Gasteiger partial charge on any atom is -0.427 e. The van der Waals surface area contributed by atoms with Crippen LogP contribution in [-0.4, -0.2) is 55.5 Å². The number of phosphoric acid groups is 1. The van der Waals surface area contributed by atoms with Crippen LogP contribution in [0.4, 0.5) is 10.2 Å². The molecule has 0 amide bonds. The van der Waals surface area contributed by atoms with Crippen LogP contribution in [0.3, 0.4) is 0 Å². The SMILES string of the molecule is C#C[C@]1(COP(=O)(OCCc2ccc(OC(=O)CCCCCCCCCCCCCCCCC)cc2)Oc2ccccc2)O[C@@H](n2cnc3c(N)nc(F)nc32)C[C@@H]1O. The third-order valence-corrected chi connectivity index (χ3v) is 11.8. The lowest BCUT2D eigenvalue weighted by molar-refractivity contribution is -0.134. The summed E-state index contributed by atoms with van der Waals surface area (Å²) >= 11 is 0. The first-order valence-electron chi connectivity index (χ1n) is 21.1. The highest BCUT2D eigenvalue weighted by Crippen LogP contribution is 2.51. The number of esters is 1. The fourth-order valence-corrected chi connectivity index (χ4v) is 8.27. The summed E-state index contributed by atoms with van der Waals surface area (Å²) in [5.74, 6) is 2.68. The van der Waals surface area contributed by atoms with Gasteiger partial charge in [-0.25, -0.2) is 9.55 Å². The van der Waals surface area contributed by atoms with Gasteiger partial charge in [0, 0.05) is 12.8 Å². The minimum absolute atomic E-state index is 0.0453. The first kappa shape index (κ1) is 45.7. The molecule has 4 aromatic rings. The van der Waals surface area contributed by atoms with Gasteiger partial charge in [0.15, 0.2) is 22.6 Å². The number of aromatic nitrogens is 4. The molecule has 1 aliphatic rings. The molecule has 1 aliphatic heterocycles. The number of carbonyl (C=O) groups excluding carboxylic acids is 1. The quantitative estimate of drug-likeness (QED) is 0.0146. The average Bonchev–Trinajstić information content (AvgIpc) is 3.80. The molecule has 15 heteroatoms. The molecule has 2 aromatic heterocycles. The Morgan fingerprint density at radius 3 is 2.19 bits per heavy atom. The van der Waals surface area contributed by atoms with E-state index in [1.54, 1.807) is 54.6 Å². The fraction of sp³-hybridized carbons (Fsp3) is 0.545. The van der Waals surface area contributed by atoms with Gasteiger partial charge in [-0.1, -0.05) is 133 Å². The zero-order chi connectivity index (χ0) is 41.9. The van der Waals surface area contributed by atoms with E-state index < -0.39 is 38.4 Å². The highest BCUT2D eigenvalue weighted by atomic mass is 31.2. The zero-order valence-electron chi connectivity index (χ0n) is 34.1. The third kappa shape index (κ3) is 14.1. The number of anilines is 1. The summed E-state index contributed by atoms with van der Waals surface area (Å²) < 4.78 is 58.3. The molecule has 13 nitrogen and oxygen atoms in total. The zero-order valence-corrected chi connectivity index (χ0v) is 35.0. The predicted molar refractivity (Wildman–Crippen MR) is 224 cm³/mol. The van der Waals surface area contributed by atoms with E-state index in [0.29, 0.717) is 18.6 Å². The number of fused-ring (bicyclic) bond motifs is 1. The van der Waals surface area contributed by atoms with Gasteiger partial charge in [-0.3, -0.25) is 18.4 Å². The Labute approximate surface area is 347 Å². The maximum Gasteiger partial charge on any atom is 0.530 e. The van der Waals surface area contributed by atoms with Gasteiger partial charge < -0.3 is 24.8 Å². The van der Waals surface area contributed by atoms with Crippen LogP contribution in [0.15, 0.2) is 60.9 Å². The molecule has 0 saturated carbocycles. The van der Waals surface area contributed by atoms with Gasteiger partial charge in [-0.15, -0.1) is 6.42 Å². The number of unbranched alkanes of at least 4 members (excludes halogenated alkanes) is 14. The van der Waals surface area contributed by atoms with Crippen molar-refractivity contribution in [2.45, 2.75) is 140 Å². The Bertz CT molecular complexity index is 1980. The second-order valence-corrected chi connectivity index (χ2v) is 16.7. The molecule has 5 rings (SSSR count). The first-order chi connectivity index (χ1) is 28.6. The number of terminal acetylenes is 1. The summed E-state index contributed by atoms with van der Waals surface area (Å²) in [5.41, 5.74) is 5.02. The molecular weight excluding hydrogens is 776 g/mol. The standard InChI is InChI=1S/C44H59FN5O8P/c1-3-5-6-7-8-9-10-11-12-13-14-15-16-17-21-24-39(52)56-35-27-25-34(26-28-35)29-30-54-59(53,58-36-22-19-18-20-23-36)55-32-44(4-2)37(51)31-38(57-44)50-33-47-40-41(46)48-43(45)49-42(40)50/h2,18-20,22-23,25-28,33,37-38,51H,3,5-17,21,24,29-32H2,1H3,(H2,46,48,49)/t37-,38+,44+,59?/m0/s1. The molecule has 0 bridgehead atoms. The van der Waals surface area contributed by atoms with Gasteiger partial charge in [0.2, 0.25) is 0 Å². The van der Waals surface area contributed by atoms with E-state index >= 15 is 0 Å². The molecule has 59 heavy (non-hydrogen) atoms. The maximum absolute atomic E-state index is 14.1. The predicted octanol–water partition coefficient (Wildman–Crippen LogP) is 9.83. The summed E-state index contributed by atoms with van der Waals surface area (Å²) in [6, 6.07) is 15.3. The van der Waals surface area contributed by atoms with Gasteiger partial charge in [0.1, 0.15) is 30.4 Å². The summed E-state index contributed by atoms with van der Waals surface area (Å²) in [5, 5.41) is 11.1. The largest absolute Gasteiger partial charge is 0.530 e. The number of hydrogen-bond acceptors (Lipinski definition) is 12. The second kappa shape index (κ2) is 23.4. The van der Waals surface area contributed by atoms with E-state index in [9.17, 15) is 18.9 Å². The van der Waals surface area contributed by atoms with Crippen molar-refractivity contribution in [3.05, 3.63) is 72.6 Å². The Hall–Kier alpha value is -4.38. The highest BCUT2D eigenvalue weighted by Gasteiger charge is 2.50. The number of imidazole rings is 1. The number of rotatable bonds is 27. The molecule has 1 saturated heterocycles. The van der Waals surface area contributed by atoms with Crippen LogP contribution in [0.1, 0.15) is 128 Å². The number of nitrogen functional groups attached to an aromatic ring is 1. The van der Waals surface area contributed by atoms with Crippen LogP contribution in [0.25, 0.3) is 11.2 Å². The van der Waals surface area contributed by atoms with E-state index in [1.165, 1.54) is 87.9 Å². The molecule has 0 radical (unpaired) electrons. The lowest BCUT2D eigenvalue weighted by Crippen LogP contribution is -2.42. The van der Waals surface area contributed by atoms with Crippen molar-refractivity contribution in [1.82, 2.24) is 19.5 Å². The third-order valence-electron chi connectivity index (χ3n) is 10.5. The Morgan fingerprint density at radius 1 is 0.932 bits per heavy atom. The van der Waals surface area contributed by atoms with E-state index in [4.69, 9.17) is 35.2 Å². The number of nitrogens with zero attached hydrogens (tertiary/aromatic N) is 4. The van der Waals surface area contributed by atoms with Crippen LogP contribution >= 0.6 is 7.82 Å². The maximum atomic E-state index is 14.1. The molecule has 3 N–H and O–H groups in total. The van der Waals surface area contributed by atoms with E-state index in [2.05, 4.69) is 27.8 Å². The normalized spacial score (nSPS) is 18.7. The molecule has 1 unspecified atom stereocenters. The number of halogens is 1. The summed E-state index contributed by atoms with van der Waals surface area (Å²) in [7, 11) is -4.37. The number of aliphatic hydroxyl groups is 1. The van der Waals surface area contributed by atoms with Crippen LogP contribution in [0, 0.1) is 18.4 Å². The van der Waals surface area contributed by atoms with E-state index in [1.807, 2.05) is 0 Å². The molecule has 2 aromatic carbocycles. The number of nitrogens with two attached hydrogens (primary N) is 1. The van der Waals surface area contributed by atoms with Gasteiger partial charge in [0.05, 0.1) is 12.9 Å². The number of carbonyl (C=O) groups is 1. The average molecular weight is 836 g/mol. The number of phosphoric ester groups is 1. The molecule has 0 spiro atoms. The van der Waals surface area contributed by atoms with Crippen molar-refractivity contribution in [2.75, 3.05) is 18.9 Å². The molecule has 1 fully saturated rings.